The maximum absolute atomic E-state index is 12.1. The predicted octanol–water partition coefficient (Wildman–Crippen LogP) is 2.42. The zero-order valence-corrected chi connectivity index (χ0v) is 11.3. The molecule has 0 spiro atoms. The van der Waals surface area contributed by atoms with E-state index in [2.05, 4.69) is 0 Å². The third-order valence-electron chi connectivity index (χ3n) is 3.82. The van der Waals surface area contributed by atoms with Crippen LogP contribution in [0.15, 0.2) is 30.3 Å². The second kappa shape index (κ2) is 6.57. The lowest BCUT2D eigenvalue weighted by molar-refractivity contribution is 0.0393. The molecule has 2 rings (SSSR count). The number of aliphatic hydroxyl groups excluding tert-OH is 1. The van der Waals surface area contributed by atoms with Crippen LogP contribution in [0.1, 0.15) is 25.3 Å². The number of piperidine rings is 1. The second-order valence-electron chi connectivity index (χ2n) is 5.06. The first-order chi connectivity index (χ1) is 9.22. The van der Waals surface area contributed by atoms with Crippen molar-refractivity contribution in [2.45, 2.75) is 32.4 Å². The van der Waals surface area contributed by atoms with Gasteiger partial charge in [0.25, 0.3) is 0 Å². The minimum atomic E-state index is -0.283. The second-order valence-corrected chi connectivity index (χ2v) is 5.06. The molecule has 1 amide bonds. The normalized spacial score (nSPS) is 23.2. The Bertz CT molecular complexity index is 407. The Morgan fingerprint density at radius 2 is 2.16 bits per heavy atom. The van der Waals surface area contributed by atoms with Gasteiger partial charge in [-0.1, -0.05) is 30.3 Å². The molecule has 0 radical (unpaired) electrons. The van der Waals surface area contributed by atoms with Crippen molar-refractivity contribution in [3.63, 3.8) is 0 Å². The summed E-state index contributed by atoms with van der Waals surface area (Å²) in [6.07, 6.45) is 1.62. The number of benzene rings is 1. The smallest absolute Gasteiger partial charge is 0.410 e. The number of carbonyl (C=O) groups excluding carboxylic acids is 1. The van der Waals surface area contributed by atoms with Crippen LogP contribution in [0.3, 0.4) is 0 Å². The van der Waals surface area contributed by atoms with Crippen LogP contribution in [0.4, 0.5) is 4.79 Å². The Morgan fingerprint density at radius 3 is 2.84 bits per heavy atom. The third kappa shape index (κ3) is 3.47. The molecular formula is C15H21NO3. The number of likely N-dealkylation sites (tertiary alicyclic amines) is 1. The van der Waals surface area contributed by atoms with Gasteiger partial charge in [-0.05, 0) is 25.3 Å². The van der Waals surface area contributed by atoms with Crippen molar-refractivity contribution in [2.24, 2.45) is 5.92 Å². The van der Waals surface area contributed by atoms with Gasteiger partial charge in [-0.2, -0.15) is 0 Å². The number of ether oxygens (including phenoxy) is 1. The number of hydrogen-bond acceptors (Lipinski definition) is 3. The molecular weight excluding hydrogens is 242 g/mol. The monoisotopic (exact) mass is 263 g/mol. The summed E-state index contributed by atoms with van der Waals surface area (Å²) < 4.78 is 5.34. The molecule has 1 aromatic rings. The molecule has 2 atom stereocenters. The third-order valence-corrected chi connectivity index (χ3v) is 3.82. The van der Waals surface area contributed by atoms with Gasteiger partial charge < -0.3 is 14.7 Å². The van der Waals surface area contributed by atoms with Gasteiger partial charge in [0.2, 0.25) is 0 Å². The summed E-state index contributed by atoms with van der Waals surface area (Å²) in [5.41, 5.74) is 0.985. The highest BCUT2D eigenvalue weighted by molar-refractivity contribution is 5.68. The van der Waals surface area contributed by atoms with Crippen LogP contribution in [-0.2, 0) is 11.3 Å². The van der Waals surface area contributed by atoms with Crippen LogP contribution in [0, 0.1) is 5.92 Å². The topological polar surface area (TPSA) is 49.8 Å². The number of rotatable bonds is 3. The number of amides is 1. The average molecular weight is 263 g/mol. The largest absolute Gasteiger partial charge is 0.445 e. The van der Waals surface area contributed by atoms with Crippen LogP contribution >= 0.6 is 0 Å². The SMILES string of the molecule is CC1C(CO)CCCN1C(=O)OCc1ccccc1. The first-order valence-electron chi connectivity index (χ1n) is 6.80. The summed E-state index contributed by atoms with van der Waals surface area (Å²) in [6, 6.07) is 9.70. The molecule has 104 valence electrons. The maximum atomic E-state index is 12.1. The molecule has 4 nitrogen and oxygen atoms in total. The summed E-state index contributed by atoms with van der Waals surface area (Å²) in [5, 5.41) is 9.29. The van der Waals surface area contributed by atoms with Crippen molar-refractivity contribution >= 4 is 6.09 Å². The molecule has 1 heterocycles. The fraction of sp³-hybridized carbons (Fsp3) is 0.533. The molecule has 0 saturated carbocycles. The molecule has 0 aliphatic carbocycles. The highest BCUT2D eigenvalue weighted by Gasteiger charge is 2.31. The van der Waals surface area contributed by atoms with Crippen LogP contribution < -0.4 is 0 Å². The van der Waals surface area contributed by atoms with Crippen molar-refractivity contribution in [3.8, 4) is 0 Å². The van der Waals surface area contributed by atoms with Crippen LogP contribution in [0.5, 0.6) is 0 Å². The van der Waals surface area contributed by atoms with E-state index in [0.717, 1.165) is 18.4 Å². The molecule has 1 saturated heterocycles. The minimum absolute atomic E-state index is 0.0435. The van der Waals surface area contributed by atoms with E-state index in [9.17, 15) is 9.90 Å². The van der Waals surface area contributed by atoms with Gasteiger partial charge >= 0.3 is 6.09 Å². The van der Waals surface area contributed by atoms with E-state index < -0.39 is 0 Å². The zero-order valence-electron chi connectivity index (χ0n) is 11.3. The van der Waals surface area contributed by atoms with Crippen LogP contribution in [0.25, 0.3) is 0 Å². The van der Waals surface area contributed by atoms with Gasteiger partial charge in [-0.15, -0.1) is 0 Å². The molecule has 1 fully saturated rings. The summed E-state index contributed by atoms with van der Waals surface area (Å²) in [5.74, 6) is 0.165. The molecule has 1 aliphatic heterocycles. The van der Waals surface area contributed by atoms with Crippen molar-refractivity contribution in [1.29, 1.82) is 0 Å². The van der Waals surface area contributed by atoms with Crippen molar-refractivity contribution < 1.29 is 14.6 Å². The Labute approximate surface area is 114 Å². The summed E-state index contributed by atoms with van der Waals surface area (Å²) >= 11 is 0. The molecule has 19 heavy (non-hydrogen) atoms. The van der Waals surface area contributed by atoms with Gasteiger partial charge in [0.05, 0.1) is 0 Å². The van der Waals surface area contributed by atoms with E-state index in [4.69, 9.17) is 4.74 Å². The number of nitrogens with zero attached hydrogens (tertiary/aromatic N) is 1. The molecule has 1 N–H and O–H groups in total. The summed E-state index contributed by atoms with van der Waals surface area (Å²) in [4.78, 5) is 13.8. The quantitative estimate of drug-likeness (QED) is 0.911. The first-order valence-corrected chi connectivity index (χ1v) is 6.80. The lowest BCUT2D eigenvalue weighted by atomic mass is 9.91. The van der Waals surface area contributed by atoms with E-state index in [-0.39, 0.29) is 24.7 Å². The predicted molar refractivity (Wildman–Crippen MR) is 72.6 cm³/mol. The average Bonchev–Trinajstić information content (AvgIpc) is 2.46. The molecule has 1 aromatic carbocycles. The standard InChI is InChI=1S/C15H21NO3/c1-12-14(10-17)8-5-9-16(12)15(18)19-11-13-6-3-2-4-7-13/h2-4,6-7,12,14,17H,5,8-11H2,1H3. The summed E-state index contributed by atoms with van der Waals surface area (Å²) in [6.45, 7) is 3.12. The Morgan fingerprint density at radius 1 is 1.42 bits per heavy atom. The Kier molecular flexibility index (Phi) is 4.80. The fourth-order valence-corrected chi connectivity index (χ4v) is 2.53. The number of hydrogen-bond donors (Lipinski definition) is 1. The van der Waals surface area contributed by atoms with E-state index >= 15 is 0 Å². The number of carbonyl (C=O) groups is 1. The van der Waals surface area contributed by atoms with Crippen molar-refractivity contribution in [2.75, 3.05) is 13.2 Å². The Hall–Kier alpha value is -1.55. The first kappa shape index (κ1) is 13.9. The molecule has 2 unspecified atom stereocenters. The molecule has 0 bridgehead atoms. The van der Waals surface area contributed by atoms with E-state index in [1.54, 1.807) is 4.90 Å². The minimum Gasteiger partial charge on any atom is -0.445 e. The van der Waals surface area contributed by atoms with Gasteiger partial charge in [0.1, 0.15) is 6.61 Å². The lowest BCUT2D eigenvalue weighted by Gasteiger charge is -2.37. The maximum Gasteiger partial charge on any atom is 0.410 e. The van der Waals surface area contributed by atoms with Gasteiger partial charge in [-0.25, -0.2) is 4.79 Å². The highest BCUT2D eigenvalue weighted by Crippen LogP contribution is 2.23. The molecule has 4 heteroatoms. The van der Waals surface area contributed by atoms with Crippen molar-refractivity contribution in [3.05, 3.63) is 35.9 Å². The van der Waals surface area contributed by atoms with Gasteiger partial charge in [0.15, 0.2) is 0 Å². The molecule has 0 aromatic heterocycles. The number of aliphatic hydroxyl groups is 1. The van der Waals surface area contributed by atoms with Crippen molar-refractivity contribution in [1.82, 2.24) is 4.90 Å². The summed E-state index contributed by atoms with van der Waals surface area (Å²) in [7, 11) is 0. The van der Waals surface area contributed by atoms with E-state index in [1.165, 1.54) is 0 Å². The zero-order chi connectivity index (χ0) is 13.7. The van der Waals surface area contributed by atoms with E-state index in [1.807, 2.05) is 37.3 Å². The van der Waals surface area contributed by atoms with Gasteiger partial charge in [-0.3, -0.25) is 0 Å². The fourth-order valence-electron chi connectivity index (χ4n) is 2.53. The highest BCUT2D eigenvalue weighted by atomic mass is 16.6. The van der Waals surface area contributed by atoms with E-state index in [0.29, 0.717) is 13.2 Å². The van der Waals surface area contributed by atoms with Gasteiger partial charge in [0, 0.05) is 25.1 Å². The van der Waals surface area contributed by atoms with Crippen LogP contribution in [0.2, 0.25) is 0 Å². The Balaban J connectivity index is 1.89. The molecule has 1 aliphatic rings. The lowest BCUT2D eigenvalue weighted by Crippen LogP contribution is -2.48. The van der Waals surface area contributed by atoms with Crippen LogP contribution in [-0.4, -0.2) is 35.3 Å².